The summed E-state index contributed by atoms with van der Waals surface area (Å²) in [4.78, 5) is 14.0. The van der Waals surface area contributed by atoms with Crippen molar-refractivity contribution >= 4 is 15.9 Å². The normalized spacial score (nSPS) is 17.0. The second-order valence-electron chi connectivity index (χ2n) is 6.34. The van der Waals surface area contributed by atoms with Gasteiger partial charge in [-0.15, -0.1) is 0 Å². The first kappa shape index (κ1) is 19.4. The lowest BCUT2D eigenvalue weighted by Crippen LogP contribution is -2.50. The molecule has 0 unspecified atom stereocenters. The molecule has 0 N–H and O–H groups in total. The highest BCUT2D eigenvalue weighted by molar-refractivity contribution is 7.89. The standard InChI is InChI=1S/C19H26N2O3S/c1-4-5-6-7-19(22)20-12-14-21(15-13-20)25(23,24)18-10-8-17(9-11-18)16(2)3/h4-11,16H,12-15H2,1-3H3/b5-4+,7-6+. The molecule has 5 nitrogen and oxygen atoms in total. The van der Waals surface area contributed by atoms with Gasteiger partial charge in [0.25, 0.3) is 0 Å². The highest BCUT2D eigenvalue weighted by atomic mass is 32.2. The smallest absolute Gasteiger partial charge is 0.246 e. The Labute approximate surface area is 150 Å². The fraction of sp³-hybridized carbons (Fsp3) is 0.421. The zero-order valence-electron chi connectivity index (χ0n) is 15.1. The maximum atomic E-state index is 12.8. The van der Waals surface area contributed by atoms with Gasteiger partial charge in [-0.05, 0) is 30.5 Å². The molecule has 25 heavy (non-hydrogen) atoms. The molecule has 0 aromatic heterocycles. The van der Waals surface area contributed by atoms with E-state index in [2.05, 4.69) is 13.8 Å². The van der Waals surface area contributed by atoms with Crippen LogP contribution in [0, 0.1) is 0 Å². The number of rotatable bonds is 5. The van der Waals surface area contributed by atoms with Gasteiger partial charge in [0, 0.05) is 32.3 Å². The van der Waals surface area contributed by atoms with E-state index in [0.717, 1.165) is 5.56 Å². The number of carbonyl (C=O) groups excluding carboxylic acids is 1. The largest absolute Gasteiger partial charge is 0.337 e. The zero-order valence-corrected chi connectivity index (χ0v) is 15.9. The van der Waals surface area contributed by atoms with Crippen LogP contribution in [0.15, 0.2) is 53.5 Å². The van der Waals surface area contributed by atoms with Crippen LogP contribution in [0.5, 0.6) is 0 Å². The van der Waals surface area contributed by atoms with Crippen LogP contribution in [-0.2, 0) is 14.8 Å². The predicted octanol–water partition coefficient (Wildman–Crippen LogP) is 2.78. The molecule has 1 aromatic carbocycles. The molecule has 0 radical (unpaired) electrons. The topological polar surface area (TPSA) is 57.7 Å². The molecule has 1 aliphatic heterocycles. The average Bonchev–Trinajstić information content (AvgIpc) is 2.62. The van der Waals surface area contributed by atoms with Crippen LogP contribution < -0.4 is 0 Å². The van der Waals surface area contributed by atoms with Crippen molar-refractivity contribution in [2.75, 3.05) is 26.2 Å². The lowest BCUT2D eigenvalue weighted by molar-refractivity contribution is -0.127. The summed E-state index contributed by atoms with van der Waals surface area (Å²) in [6.45, 7) is 7.47. The Kier molecular flexibility index (Phi) is 6.56. The summed E-state index contributed by atoms with van der Waals surface area (Å²) in [5, 5.41) is 0. The monoisotopic (exact) mass is 362 g/mol. The molecule has 136 valence electrons. The SMILES string of the molecule is C/C=C/C=C/C(=O)N1CCN(S(=O)(=O)c2ccc(C(C)C)cc2)CC1. The van der Waals surface area contributed by atoms with Gasteiger partial charge in [-0.25, -0.2) is 8.42 Å². The number of hydrogen-bond acceptors (Lipinski definition) is 3. The van der Waals surface area contributed by atoms with Gasteiger partial charge in [-0.2, -0.15) is 4.31 Å². The second-order valence-corrected chi connectivity index (χ2v) is 8.28. The summed E-state index contributed by atoms with van der Waals surface area (Å²) in [5.74, 6) is 0.276. The predicted molar refractivity (Wildman–Crippen MR) is 99.8 cm³/mol. The molecule has 0 spiro atoms. The summed E-state index contributed by atoms with van der Waals surface area (Å²) in [7, 11) is -3.51. The maximum absolute atomic E-state index is 12.8. The third-order valence-corrected chi connectivity index (χ3v) is 6.19. The lowest BCUT2D eigenvalue weighted by Gasteiger charge is -2.33. The van der Waals surface area contributed by atoms with E-state index in [-0.39, 0.29) is 5.91 Å². The van der Waals surface area contributed by atoms with Crippen molar-refractivity contribution in [3.8, 4) is 0 Å². The molecule has 1 aliphatic rings. The average molecular weight is 362 g/mol. The molecule has 1 fully saturated rings. The van der Waals surface area contributed by atoms with Crippen LogP contribution in [0.1, 0.15) is 32.3 Å². The van der Waals surface area contributed by atoms with Gasteiger partial charge in [0.15, 0.2) is 0 Å². The van der Waals surface area contributed by atoms with Crippen molar-refractivity contribution in [2.24, 2.45) is 0 Å². The molecule has 1 heterocycles. The number of nitrogens with zero attached hydrogens (tertiary/aromatic N) is 2. The highest BCUT2D eigenvalue weighted by Crippen LogP contribution is 2.21. The van der Waals surface area contributed by atoms with E-state index in [0.29, 0.717) is 37.0 Å². The molecule has 2 rings (SSSR count). The first-order valence-electron chi connectivity index (χ1n) is 8.54. The van der Waals surface area contributed by atoms with E-state index in [4.69, 9.17) is 0 Å². The first-order chi connectivity index (χ1) is 11.9. The Morgan fingerprint density at radius 2 is 1.64 bits per heavy atom. The number of carbonyl (C=O) groups is 1. The Balaban J connectivity index is 2.02. The second kappa shape index (κ2) is 8.45. The molecule has 1 saturated heterocycles. The van der Waals surface area contributed by atoms with Gasteiger partial charge < -0.3 is 4.90 Å². The van der Waals surface area contributed by atoms with Crippen LogP contribution >= 0.6 is 0 Å². The summed E-state index contributed by atoms with van der Waals surface area (Å²) in [5.41, 5.74) is 1.11. The molecule has 1 aromatic rings. The summed E-state index contributed by atoms with van der Waals surface area (Å²) < 4.78 is 27.0. The number of piperazine rings is 1. The summed E-state index contributed by atoms with van der Waals surface area (Å²) >= 11 is 0. The molecule has 0 bridgehead atoms. The molecule has 6 heteroatoms. The summed E-state index contributed by atoms with van der Waals surface area (Å²) in [6, 6.07) is 7.07. The van der Waals surface area contributed by atoms with E-state index in [1.54, 1.807) is 29.2 Å². The van der Waals surface area contributed by atoms with Crippen LogP contribution in [0.2, 0.25) is 0 Å². The van der Waals surface area contributed by atoms with Gasteiger partial charge in [0.1, 0.15) is 0 Å². The van der Waals surface area contributed by atoms with E-state index in [1.165, 1.54) is 10.4 Å². The van der Waals surface area contributed by atoms with Crippen LogP contribution in [0.3, 0.4) is 0 Å². The van der Waals surface area contributed by atoms with Crippen molar-refractivity contribution in [3.05, 3.63) is 54.1 Å². The third-order valence-electron chi connectivity index (χ3n) is 4.28. The van der Waals surface area contributed by atoms with E-state index < -0.39 is 10.0 Å². The fourth-order valence-corrected chi connectivity index (χ4v) is 4.10. The van der Waals surface area contributed by atoms with E-state index in [9.17, 15) is 13.2 Å². The number of hydrogen-bond donors (Lipinski definition) is 0. The molecular weight excluding hydrogens is 336 g/mol. The highest BCUT2D eigenvalue weighted by Gasteiger charge is 2.29. The number of allylic oxidation sites excluding steroid dienone is 3. The Bertz CT molecular complexity index is 741. The molecular formula is C19H26N2O3S. The maximum Gasteiger partial charge on any atom is 0.246 e. The van der Waals surface area contributed by atoms with Gasteiger partial charge in [0.2, 0.25) is 15.9 Å². The fourth-order valence-electron chi connectivity index (χ4n) is 2.68. The van der Waals surface area contributed by atoms with Crippen molar-refractivity contribution in [3.63, 3.8) is 0 Å². The van der Waals surface area contributed by atoms with Crippen LogP contribution in [0.25, 0.3) is 0 Å². The molecule has 0 saturated carbocycles. The van der Waals surface area contributed by atoms with Crippen molar-refractivity contribution in [1.82, 2.24) is 9.21 Å². The quantitative estimate of drug-likeness (QED) is 0.598. The van der Waals surface area contributed by atoms with Crippen molar-refractivity contribution in [1.29, 1.82) is 0 Å². The molecule has 0 atom stereocenters. The lowest BCUT2D eigenvalue weighted by atomic mass is 10.0. The van der Waals surface area contributed by atoms with E-state index >= 15 is 0 Å². The Morgan fingerprint density at radius 1 is 1.04 bits per heavy atom. The zero-order chi connectivity index (χ0) is 18.4. The van der Waals surface area contributed by atoms with Gasteiger partial charge in [0.05, 0.1) is 4.90 Å². The van der Waals surface area contributed by atoms with Crippen LogP contribution in [0.4, 0.5) is 0 Å². The van der Waals surface area contributed by atoms with Crippen LogP contribution in [-0.4, -0.2) is 49.7 Å². The third kappa shape index (κ3) is 4.80. The van der Waals surface area contributed by atoms with Gasteiger partial charge in [-0.1, -0.05) is 44.2 Å². The number of sulfonamides is 1. The van der Waals surface area contributed by atoms with Crippen molar-refractivity contribution < 1.29 is 13.2 Å². The first-order valence-corrected chi connectivity index (χ1v) is 9.98. The molecule has 1 amide bonds. The summed E-state index contributed by atoms with van der Waals surface area (Å²) in [6.07, 6.45) is 6.84. The molecule has 0 aliphatic carbocycles. The van der Waals surface area contributed by atoms with Crippen molar-refractivity contribution in [2.45, 2.75) is 31.6 Å². The Hall–Kier alpha value is -1.92. The minimum atomic E-state index is -3.51. The Morgan fingerprint density at radius 3 is 2.16 bits per heavy atom. The minimum Gasteiger partial charge on any atom is -0.337 e. The van der Waals surface area contributed by atoms with Gasteiger partial charge in [-0.3, -0.25) is 4.79 Å². The minimum absolute atomic E-state index is 0.0866. The number of amides is 1. The van der Waals surface area contributed by atoms with E-state index in [1.807, 2.05) is 25.1 Å². The number of benzene rings is 1. The van der Waals surface area contributed by atoms with Gasteiger partial charge >= 0.3 is 0 Å².